The fraction of sp³-hybridized carbons (Fsp3) is 0.0541. The van der Waals surface area contributed by atoms with E-state index < -0.39 is 15.0 Å². The molecule has 0 amide bonds. The number of anilines is 4. The van der Waals surface area contributed by atoms with Gasteiger partial charge in [0.25, 0.3) is 10.1 Å². The molecule has 0 unspecified atom stereocenters. The number of azo groups is 3. The van der Waals surface area contributed by atoms with Gasteiger partial charge >= 0.3 is 0 Å². The predicted octanol–water partition coefficient (Wildman–Crippen LogP) is 10.6. The molecule has 1 heterocycles. The van der Waals surface area contributed by atoms with E-state index in [9.17, 15) is 18.1 Å². The number of aromatic nitrogens is 3. The van der Waals surface area contributed by atoms with Crippen molar-refractivity contribution >= 4 is 125 Å². The van der Waals surface area contributed by atoms with Crippen LogP contribution in [0.5, 0.6) is 17.2 Å². The Bertz CT molecular complexity index is 3190. The Labute approximate surface area is 393 Å². The van der Waals surface area contributed by atoms with Gasteiger partial charge < -0.3 is 31.4 Å². The molecule has 0 fully saturated rings. The summed E-state index contributed by atoms with van der Waals surface area (Å²) in [5.41, 5.74) is 12.8. The molecule has 1 aromatic heterocycles. The molecule has 68 heavy (non-hydrogen) atoms. The molecule has 0 saturated heterocycles. The fourth-order valence-electron chi connectivity index (χ4n) is 6.02. The Hall–Kier alpha value is -6.95. The third-order valence-corrected chi connectivity index (χ3v) is 11.5. The summed E-state index contributed by atoms with van der Waals surface area (Å²) in [5.74, 6) is -0.120. The Morgan fingerprint density at radius 2 is 1.21 bits per heavy atom. The van der Waals surface area contributed by atoms with Crippen LogP contribution in [0.3, 0.4) is 0 Å². The molecule has 0 saturated carbocycles. The molecule has 0 spiro atoms. The first-order chi connectivity index (χ1) is 32.8. The van der Waals surface area contributed by atoms with Crippen molar-refractivity contribution in [2.24, 2.45) is 30.7 Å². The minimum absolute atomic E-state index is 0.0722. The summed E-state index contributed by atoms with van der Waals surface area (Å²) in [4.78, 5) is 11.8. The Kier molecular flexibility index (Phi) is 16.0. The second kappa shape index (κ2) is 22.2. The first-order valence-corrected chi connectivity index (χ1v) is 22.0. The van der Waals surface area contributed by atoms with E-state index in [-0.39, 0.29) is 77.9 Å². The lowest BCUT2D eigenvalue weighted by Gasteiger charge is -2.12. The van der Waals surface area contributed by atoms with Gasteiger partial charge in [-0.1, -0.05) is 21.2 Å². The number of ether oxygens (including phenoxy) is 2. The molecule has 27 nitrogen and oxygen atoms in total. The second-order valence-corrected chi connectivity index (χ2v) is 16.6. The molecule has 31 heteroatoms. The molecule has 6 aromatic carbocycles. The summed E-state index contributed by atoms with van der Waals surface area (Å²) in [6.45, 7) is 0. The quantitative estimate of drug-likeness (QED) is 0.0116. The van der Waals surface area contributed by atoms with E-state index in [2.05, 4.69) is 74.7 Å². The number of nitrogens with zero attached hydrogens (tertiary/aromatic N) is 9. The number of fused-ring (bicyclic) bond motifs is 2. The van der Waals surface area contributed by atoms with Gasteiger partial charge in [0.2, 0.25) is 17.8 Å². The zero-order chi connectivity index (χ0) is 48.4. The average Bonchev–Trinajstić information content (AvgIpc) is 3.32. The highest BCUT2D eigenvalue weighted by atomic mass is 32.2. The van der Waals surface area contributed by atoms with E-state index >= 15 is 0 Å². The van der Waals surface area contributed by atoms with Crippen LogP contribution in [0.2, 0.25) is 0 Å². The lowest BCUT2D eigenvalue weighted by molar-refractivity contribution is -0.432. The van der Waals surface area contributed by atoms with E-state index in [0.29, 0.717) is 69.3 Å². The first-order valence-electron chi connectivity index (χ1n) is 18.3. The standard InChI is InChI=1S/C37H30N12O15S4/c1-57-28-13-21(45-44-20-4-6-23-17(10-20)11-22(65-62-59-51)14-32(23)68(54,55)56)5-8-25(28)46-48-27-15-29(58-2)26(16-30(27)66-63-60-52)47-49-33-31(67-64-61-53)12-18-9-19(3-7-24(18)34(33)50)40-37-42-35(38)41-36(39)43-37/h3-16,50-53H,1-2H3,(H,54,55,56)(H5,38,39,40,41,42,43). The van der Waals surface area contributed by atoms with Crippen molar-refractivity contribution in [3.05, 3.63) is 84.9 Å². The van der Waals surface area contributed by atoms with Crippen molar-refractivity contribution in [3.63, 3.8) is 0 Å². The van der Waals surface area contributed by atoms with E-state index in [1.165, 1.54) is 56.7 Å². The number of phenolic OH excluding ortho intramolecular Hbond substituents is 1. The smallest absolute Gasteiger partial charge is 0.295 e. The minimum Gasteiger partial charge on any atom is -0.505 e. The predicted molar refractivity (Wildman–Crippen MR) is 242 cm³/mol. The van der Waals surface area contributed by atoms with Gasteiger partial charge in [-0.05, 0) is 77.5 Å². The first kappa shape index (κ1) is 49.0. The summed E-state index contributed by atoms with van der Waals surface area (Å²) in [6.07, 6.45) is 0. The molecule has 352 valence electrons. The van der Waals surface area contributed by atoms with Gasteiger partial charge in [0.05, 0.1) is 71.5 Å². The summed E-state index contributed by atoms with van der Waals surface area (Å²) in [5, 5.41) is 79.0. The van der Waals surface area contributed by atoms with Crippen LogP contribution < -0.4 is 26.3 Å². The van der Waals surface area contributed by atoms with Crippen molar-refractivity contribution in [2.75, 3.05) is 31.0 Å². The number of phenols is 1. The number of nitrogens with one attached hydrogen (secondary N) is 1. The lowest BCUT2D eigenvalue weighted by Crippen LogP contribution is -2.06. The summed E-state index contributed by atoms with van der Waals surface area (Å²) in [6, 6.07) is 20.9. The highest BCUT2D eigenvalue weighted by molar-refractivity contribution is 7.95. The van der Waals surface area contributed by atoms with Crippen LogP contribution in [0.25, 0.3) is 21.5 Å². The van der Waals surface area contributed by atoms with E-state index in [1.54, 1.807) is 36.4 Å². The maximum atomic E-state index is 12.1. The molecule has 7 rings (SSSR count). The van der Waals surface area contributed by atoms with Crippen LogP contribution in [0.15, 0.2) is 135 Å². The van der Waals surface area contributed by atoms with Crippen molar-refractivity contribution in [2.45, 2.75) is 19.6 Å². The molecular formula is C37H30N12O15S4. The monoisotopic (exact) mass is 1010 g/mol. The zero-order valence-corrected chi connectivity index (χ0v) is 37.5. The van der Waals surface area contributed by atoms with Crippen LogP contribution in [-0.2, 0) is 38.2 Å². The summed E-state index contributed by atoms with van der Waals surface area (Å²) in [7, 11) is -1.90. The van der Waals surface area contributed by atoms with Gasteiger partial charge in [0.15, 0.2) is 5.75 Å². The highest BCUT2D eigenvalue weighted by Gasteiger charge is 2.20. The van der Waals surface area contributed by atoms with Crippen LogP contribution in [0, 0.1) is 0 Å². The van der Waals surface area contributed by atoms with Crippen LogP contribution in [0.1, 0.15) is 0 Å². The van der Waals surface area contributed by atoms with Crippen molar-refractivity contribution < 1.29 is 71.4 Å². The van der Waals surface area contributed by atoms with Crippen molar-refractivity contribution in [1.82, 2.24) is 15.0 Å². The number of aromatic hydroxyl groups is 1. The van der Waals surface area contributed by atoms with Gasteiger partial charge in [-0.15, -0.1) is 33.5 Å². The Balaban J connectivity index is 1.15. The van der Waals surface area contributed by atoms with Gasteiger partial charge in [0, 0.05) is 33.5 Å². The third kappa shape index (κ3) is 11.9. The molecule has 0 atom stereocenters. The minimum atomic E-state index is -4.65. The van der Waals surface area contributed by atoms with Crippen molar-refractivity contribution in [3.8, 4) is 17.2 Å². The number of methoxy groups -OCH3 is 2. The number of nitrogen functional groups attached to an aromatic ring is 2. The third-order valence-electron chi connectivity index (χ3n) is 8.82. The zero-order valence-electron chi connectivity index (χ0n) is 34.2. The summed E-state index contributed by atoms with van der Waals surface area (Å²) >= 11 is 1.53. The van der Waals surface area contributed by atoms with Crippen LogP contribution >= 0.6 is 36.1 Å². The molecule has 10 N–H and O–H groups in total. The number of hydrogen-bond donors (Lipinski definition) is 8. The highest BCUT2D eigenvalue weighted by Crippen LogP contribution is 2.47. The number of hydrogen-bond acceptors (Lipinski definition) is 29. The average molecular weight is 1010 g/mol. The maximum absolute atomic E-state index is 12.1. The fourth-order valence-corrected chi connectivity index (χ4v) is 8.23. The molecule has 0 aliphatic heterocycles. The maximum Gasteiger partial charge on any atom is 0.295 e. The normalized spacial score (nSPS) is 12.0. The van der Waals surface area contributed by atoms with Gasteiger partial charge in [0.1, 0.15) is 39.1 Å². The van der Waals surface area contributed by atoms with E-state index in [1.807, 2.05) is 0 Å². The number of nitrogens with two attached hydrogens (primary N) is 2. The summed E-state index contributed by atoms with van der Waals surface area (Å²) < 4.78 is 58.8. The largest absolute Gasteiger partial charge is 0.505 e. The van der Waals surface area contributed by atoms with Crippen molar-refractivity contribution in [1.29, 1.82) is 0 Å². The van der Waals surface area contributed by atoms with Gasteiger partial charge in [-0.3, -0.25) is 4.55 Å². The topological polar surface area (TPSA) is 386 Å². The number of rotatable bonds is 20. The van der Waals surface area contributed by atoms with Crippen LogP contribution in [-0.4, -0.2) is 63.0 Å². The van der Waals surface area contributed by atoms with Gasteiger partial charge in [-0.2, -0.15) is 33.6 Å². The molecule has 7 aromatic rings. The van der Waals surface area contributed by atoms with E-state index in [4.69, 9.17) is 41.0 Å². The molecule has 0 bridgehead atoms. The Morgan fingerprint density at radius 3 is 1.90 bits per heavy atom. The van der Waals surface area contributed by atoms with Crippen LogP contribution in [0.4, 0.5) is 57.7 Å². The molecular weight excluding hydrogens is 981 g/mol. The number of benzene rings is 6. The lowest BCUT2D eigenvalue weighted by atomic mass is 10.1. The molecule has 0 aliphatic carbocycles. The SMILES string of the molecule is COc1cc(N=Nc2ccc3c(S(=O)(=O)O)cc(SOOO)cc3c2)ccc1N=Nc1cc(OC)c(N=Nc2c(SOOO)cc3cc(Nc4nc(N)nc(N)n4)ccc3c2O)cc1SOOO. The Morgan fingerprint density at radius 1 is 0.603 bits per heavy atom. The second-order valence-electron chi connectivity index (χ2n) is 12.9. The molecule has 0 aliphatic rings. The molecule has 0 radical (unpaired) electrons. The van der Waals surface area contributed by atoms with Gasteiger partial charge in [-0.25, -0.2) is 15.8 Å². The van der Waals surface area contributed by atoms with E-state index in [0.717, 1.165) is 6.07 Å².